The van der Waals surface area contributed by atoms with Gasteiger partial charge in [0.15, 0.2) is 0 Å². The normalized spacial score (nSPS) is 13.4. The van der Waals surface area contributed by atoms with Gasteiger partial charge in [-0.1, -0.05) is 13.8 Å². The van der Waals surface area contributed by atoms with Gasteiger partial charge in [0.1, 0.15) is 0 Å². The fourth-order valence-corrected chi connectivity index (χ4v) is 1.26. The van der Waals surface area contributed by atoms with Crippen molar-refractivity contribution in [3.8, 4) is 0 Å². The van der Waals surface area contributed by atoms with Gasteiger partial charge in [-0.3, -0.25) is 0 Å². The van der Waals surface area contributed by atoms with Crippen molar-refractivity contribution < 1.29 is 4.74 Å². The van der Waals surface area contributed by atoms with E-state index in [0.717, 1.165) is 25.7 Å². The summed E-state index contributed by atoms with van der Waals surface area (Å²) in [5.74, 6) is 0. The molecular formula is C11H25NO. The maximum Gasteiger partial charge on any atom is 0.0623 e. The highest BCUT2D eigenvalue weighted by atomic mass is 16.5. The molecule has 0 heterocycles. The predicted octanol–water partition coefficient (Wildman–Crippen LogP) is 2.71. The zero-order valence-corrected chi connectivity index (χ0v) is 9.81. The molecule has 0 aliphatic rings. The van der Waals surface area contributed by atoms with Crippen LogP contribution in [0.1, 0.15) is 53.4 Å². The van der Waals surface area contributed by atoms with Crippen molar-refractivity contribution in [2.75, 3.05) is 7.11 Å². The number of nitrogens with two attached hydrogens (primary N) is 1. The Bertz CT molecular complexity index is 139. The summed E-state index contributed by atoms with van der Waals surface area (Å²) in [6.45, 7) is 8.53. The summed E-state index contributed by atoms with van der Waals surface area (Å²) < 4.78 is 5.37. The van der Waals surface area contributed by atoms with Crippen LogP contribution in [0.15, 0.2) is 0 Å². The molecule has 0 unspecified atom stereocenters. The van der Waals surface area contributed by atoms with E-state index in [-0.39, 0.29) is 11.1 Å². The number of methoxy groups -OCH3 is 1. The molecule has 0 atom stereocenters. The lowest BCUT2D eigenvalue weighted by molar-refractivity contribution is 0.00846. The fraction of sp³-hybridized carbons (Fsp3) is 1.00. The van der Waals surface area contributed by atoms with Crippen molar-refractivity contribution in [3.63, 3.8) is 0 Å². The minimum atomic E-state index is -0.0328. The third-order valence-electron chi connectivity index (χ3n) is 3.19. The molecule has 2 N–H and O–H groups in total. The van der Waals surface area contributed by atoms with Gasteiger partial charge in [-0.2, -0.15) is 0 Å². The molecule has 0 radical (unpaired) electrons. The van der Waals surface area contributed by atoms with E-state index in [4.69, 9.17) is 10.5 Å². The number of ether oxygens (including phenoxy) is 1. The molecule has 0 aliphatic carbocycles. The number of hydrogen-bond donors (Lipinski definition) is 1. The number of rotatable bonds is 6. The molecule has 0 rings (SSSR count). The first kappa shape index (κ1) is 12.9. The van der Waals surface area contributed by atoms with Crippen LogP contribution >= 0.6 is 0 Å². The highest BCUT2D eigenvalue weighted by molar-refractivity contribution is 4.84. The van der Waals surface area contributed by atoms with Crippen LogP contribution in [0, 0.1) is 0 Å². The largest absolute Gasteiger partial charge is 0.379 e. The van der Waals surface area contributed by atoms with E-state index in [1.165, 1.54) is 0 Å². The van der Waals surface area contributed by atoms with E-state index in [0.29, 0.717) is 0 Å². The van der Waals surface area contributed by atoms with Gasteiger partial charge in [0.2, 0.25) is 0 Å². The smallest absolute Gasteiger partial charge is 0.0623 e. The van der Waals surface area contributed by atoms with Gasteiger partial charge in [0.25, 0.3) is 0 Å². The maximum absolute atomic E-state index is 6.20. The lowest BCUT2D eigenvalue weighted by Crippen LogP contribution is -2.40. The van der Waals surface area contributed by atoms with Crippen LogP contribution in [0.5, 0.6) is 0 Å². The highest BCUT2D eigenvalue weighted by Gasteiger charge is 2.25. The zero-order chi connectivity index (χ0) is 10.5. The van der Waals surface area contributed by atoms with E-state index in [9.17, 15) is 0 Å². The van der Waals surface area contributed by atoms with Crippen LogP contribution in [0.3, 0.4) is 0 Å². The molecule has 80 valence electrons. The Hall–Kier alpha value is -0.0800. The molecule has 0 amide bonds. The summed E-state index contributed by atoms with van der Waals surface area (Å²) in [5, 5.41) is 0. The quantitative estimate of drug-likeness (QED) is 0.694. The van der Waals surface area contributed by atoms with E-state index < -0.39 is 0 Å². The maximum atomic E-state index is 6.20. The van der Waals surface area contributed by atoms with Crippen molar-refractivity contribution in [3.05, 3.63) is 0 Å². The third kappa shape index (κ3) is 4.63. The summed E-state index contributed by atoms with van der Waals surface area (Å²) in [6, 6.07) is 0. The predicted molar refractivity (Wildman–Crippen MR) is 57.8 cm³/mol. The molecule has 0 spiro atoms. The molecule has 0 bridgehead atoms. The molecule has 0 aromatic heterocycles. The van der Waals surface area contributed by atoms with E-state index in [2.05, 4.69) is 27.7 Å². The first-order valence-corrected chi connectivity index (χ1v) is 5.23. The average Bonchev–Trinajstić information content (AvgIpc) is 2.14. The second-order valence-electron chi connectivity index (χ2n) is 4.53. The topological polar surface area (TPSA) is 35.2 Å². The standard InChI is InChI=1S/C11H25NO/c1-6-11(12,7-2)9-8-10(3,4)13-5/h6-9,12H2,1-5H3. The van der Waals surface area contributed by atoms with Crippen LogP contribution < -0.4 is 5.73 Å². The first-order valence-electron chi connectivity index (χ1n) is 5.23. The summed E-state index contributed by atoms with van der Waals surface area (Å²) >= 11 is 0. The Morgan fingerprint density at radius 3 is 1.85 bits per heavy atom. The Kier molecular flexibility index (Phi) is 4.93. The Balaban J connectivity index is 3.99. The van der Waals surface area contributed by atoms with Crippen LogP contribution in [-0.4, -0.2) is 18.2 Å². The molecule has 2 heteroatoms. The Morgan fingerprint density at radius 1 is 1.08 bits per heavy atom. The van der Waals surface area contributed by atoms with Crippen LogP contribution in [-0.2, 0) is 4.74 Å². The second kappa shape index (κ2) is 4.97. The minimum Gasteiger partial charge on any atom is -0.379 e. The highest BCUT2D eigenvalue weighted by Crippen LogP contribution is 2.24. The monoisotopic (exact) mass is 187 g/mol. The number of hydrogen-bond acceptors (Lipinski definition) is 2. The van der Waals surface area contributed by atoms with Crippen LogP contribution in [0.2, 0.25) is 0 Å². The summed E-state index contributed by atoms with van der Waals surface area (Å²) in [4.78, 5) is 0. The molecule has 0 fully saturated rings. The van der Waals surface area contributed by atoms with Crippen molar-refractivity contribution >= 4 is 0 Å². The fourth-order valence-electron chi connectivity index (χ4n) is 1.26. The van der Waals surface area contributed by atoms with Gasteiger partial charge in [0, 0.05) is 12.6 Å². The lowest BCUT2D eigenvalue weighted by atomic mass is 9.85. The van der Waals surface area contributed by atoms with Gasteiger partial charge in [-0.15, -0.1) is 0 Å². The van der Waals surface area contributed by atoms with Gasteiger partial charge >= 0.3 is 0 Å². The molecule has 0 saturated carbocycles. The minimum absolute atomic E-state index is 0.00972. The second-order valence-corrected chi connectivity index (χ2v) is 4.53. The van der Waals surface area contributed by atoms with Gasteiger partial charge in [-0.25, -0.2) is 0 Å². The molecule has 13 heavy (non-hydrogen) atoms. The molecule has 0 saturated heterocycles. The zero-order valence-electron chi connectivity index (χ0n) is 9.81. The lowest BCUT2D eigenvalue weighted by Gasteiger charge is -2.31. The van der Waals surface area contributed by atoms with Crippen molar-refractivity contribution in [1.82, 2.24) is 0 Å². The van der Waals surface area contributed by atoms with E-state index in [1.54, 1.807) is 7.11 Å². The molecular weight excluding hydrogens is 162 g/mol. The van der Waals surface area contributed by atoms with Crippen LogP contribution in [0.25, 0.3) is 0 Å². The molecule has 0 aromatic rings. The SMILES string of the molecule is CCC(N)(CC)CCC(C)(C)OC. The van der Waals surface area contributed by atoms with Gasteiger partial charge in [0.05, 0.1) is 5.60 Å². The molecule has 2 nitrogen and oxygen atoms in total. The summed E-state index contributed by atoms with van der Waals surface area (Å²) in [7, 11) is 1.76. The average molecular weight is 187 g/mol. The van der Waals surface area contributed by atoms with E-state index >= 15 is 0 Å². The van der Waals surface area contributed by atoms with Crippen molar-refractivity contribution in [2.24, 2.45) is 5.73 Å². The van der Waals surface area contributed by atoms with Crippen LogP contribution in [0.4, 0.5) is 0 Å². The third-order valence-corrected chi connectivity index (χ3v) is 3.19. The Labute approximate surface area is 82.8 Å². The first-order chi connectivity index (χ1) is 5.89. The van der Waals surface area contributed by atoms with Gasteiger partial charge < -0.3 is 10.5 Å². The van der Waals surface area contributed by atoms with Gasteiger partial charge in [-0.05, 0) is 39.5 Å². The summed E-state index contributed by atoms with van der Waals surface area (Å²) in [6.07, 6.45) is 4.16. The van der Waals surface area contributed by atoms with E-state index in [1.807, 2.05) is 0 Å². The van der Waals surface area contributed by atoms with Crippen molar-refractivity contribution in [2.45, 2.75) is 64.5 Å². The molecule has 0 aliphatic heterocycles. The Morgan fingerprint density at radius 2 is 1.54 bits per heavy atom. The molecule has 0 aromatic carbocycles. The van der Waals surface area contributed by atoms with Crippen molar-refractivity contribution in [1.29, 1.82) is 0 Å². The summed E-state index contributed by atoms with van der Waals surface area (Å²) in [5.41, 5.74) is 6.18.